The van der Waals surface area contributed by atoms with Crippen molar-refractivity contribution in [1.82, 2.24) is 24.6 Å². The van der Waals surface area contributed by atoms with E-state index < -0.39 is 0 Å². The van der Waals surface area contributed by atoms with Crippen LogP contribution in [0.3, 0.4) is 0 Å². The Morgan fingerprint density at radius 1 is 1.10 bits per heavy atom. The van der Waals surface area contributed by atoms with Crippen LogP contribution in [0, 0.1) is 11.3 Å². The maximum Gasteiger partial charge on any atom is 0.137 e. The van der Waals surface area contributed by atoms with E-state index in [-0.39, 0.29) is 0 Å². The maximum atomic E-state index is 5.58. The minimum Gasteiger partial charge on any atom is -0.496 e. The SMILES string of the molecule is COc1ccc(CN2CCC3(CCCN(CC4CC4)C3)C2)cc1Cn1cncn1. The van der Waals surface area contributed by atoms with Gasteiger partial charge in [0.05, 0.1) is 13.7 Å². The normalized spacial score (nSPS) is 25.7. The van der Waals surface area contributed by atoms with Crippen LogP contribution in [0.1, 0.15) is 43.2 Å². The average Bonchev–Trinajstić information content (AvgIpc) is 3.23. The molecule has 3 heterocycles. The van der Waals surface area contributed by atoms with Gasteiger partial charge >= 0.3 is 0 Å². The van der Waals surface area contributed by atoms with Crippen LogP contribution in [0.5, 0.6) is 5.75 Å². The topological polar surface area (TPSA) is 46.4 Å². The number of methoxy groups -OCH3 is 1. The molecule has 5 rings (SSSR count). The number of rotatable bonds is 7. The van der Waals surface area contributed by atoms with Crippen molar-refractivity contribution < 1.29 is 4.74 Å². The quantitative estimate of drug-likeness (QED) is 0.721. The summed E-state index contributed by atoms with van der Waals surface area (Å²) in [5, 5.41) is 4.24. The Morgan fingerprint density at radius 3 is 2.79 bits per heavy atom. The van der Waals surface area contributed by atoms with Crippen molar-refractivity contribution >= 4 is 0 Å². The molecule has 2 saturated heterocycles. The molecule has 6 nitrogen and oxygen atoms in total. The Balaban J connectivity index is 1.23. The smallest absolute Gasteiger partial charge is 0.137 e. The highest BCUT2D eigenvalue weighted by Crippen LogP contribution is 2.41. The van der Waals surface area contributed by atoms with Crippen molar-refractivity contribution in [2.75, 3.05) is 39.8 Å². The van der Waals surface area contributed by atoms with Crippen molar-refractivity contribution in [3.05, 3.63) is 42.0 Å². The summed E-state index contributed by atoms with van der Waals surface area (Å²) in [5.74, 6) is 1.93. The monoisotopic (exact) mass is 395 g/mol. The highest BCUT2D eigenvalue weighted by molar-refractivity contribution is 5.37. The lowest BCUT2D eigenvalue weighted by atomic mass is 9.79. The van der Waals surface area contributed by atoms with Crippen molar-refractivity contribution in [2.45, 2.75) is 45.2 Å². The first-order valence-corrected chi connectivity index (χ1v) is 11.1. The number of benzene rings is 1. The van der Waals surface area contributed by atoms with Gasteiger partial charge in [0.2, 0.25) is 0 Å². The number of piperidine rings is 1. The zero-order chi connectivity index (χ0) is 19.7. The summed E-state index contributed by atoms with van der Waals surface area (Å²) < 4.78 is 7.43. The summed E-state index contributed by atoms with van der Waals surface area (Å²) in [5.41, 5.74) is 3.06. The van der Waals surface area contributed by atoms with Gasteiger partial charge in [-0.3, -0.25) is 4.90 Å². The van der Waals surface area contributed by atoms with Crippen LogP contribution in [0.2, 0.25) is 0 Å². The fourth-order valence-electron chi connectivity index (χ4n) is 5.43. The number of aromatic nitrogens is 3. The molecule has 0 N–H and O–H groups in total. The van der Waals surface area contributed by atoms with Gasteiger partial charge in [0, 0.05) is 31.7 Å². The Hall–Kier alpha value is -1.92. The molecule has 0 radical (unpaired) electrons. The van der Waals surface area contributed by atoms with Crippen LogP contribution in [0.4, 0.5) is 0 Å². The molecular formula is C23H33N5O. The largest absolute Gasteiger partial charge is 0.496 e. The van der Waals surface area contributed by atoms with Crippen LogP contribution < -0.4 is 4.74 Å². The van der Waals surface area contributed by atoms with Gasteiger partial charge in [-0.05, 0) is 74.2 Å². The summed E-state index contributed by atoms with van der Waals surface area (Å²) in [4.78, 5) is 9.49. The van der Waals surface area contributed by atoms with Gasteiger partial charge < -0.3 is 9.64 Å². The van der Waals surface area contributed by atoms with Gasteiger partial charge in [0.15, 0.2) is 0 Å². The number of ether oxygens (including phenoxy) is 1. The summed E-state index contributed by atoms with van der Waals surface area (Å²) in [6.45, 7) is 8.19. The zero-order valence-corrected chi connectivity index (χ0v) is 17.6. The molecule has 156 valence electrons. The fourth-order valence-corrected chi connectivity index (χ4v) is 5.43. The lowest BCUT2D eigenvalue weighted by Crippen LogP contribution is -2.45. The van der Waals surface area contributed by atoms with Crippen molar-refractivity contribution in [1.29, 1.82) is 0 Å². The van der Waals surface area contributed by atoms with Crippen LogP contribution in [0.15, 0.2) is 30.9 Å². The predicted octanol–water partition coefficient (Wildman–Crippen LogP) is 3.03. The molecule has 1 spiro atoms. The molecule has 1 aromatic carbocycles. The first-order chi connectivity index (χ1) is 14.2. The molecular weight excluding hydrogens is 362 g/mol. The Labute approximate surface area is 173 Å². The van der Waals surface area contributed by atoms with Gasteiger partial charge in [-0.2, -0.15) is 5.10 Å². The third-order valence-electron chi connectivity index (χ3n) is 7.02. The molecule has 1 aromatic heterocycles. The van der Waals surface area contributed by atoms with Gasteiger partial charge in [-0.25, -0.2) is 9.67 Å². The third-order valence-corrected chi connectivity index (χ3v) is 7.02. The van der Waals surface area contributed by atoms with Crippen molar-refractivity contribution in [2.24, 2.45) is 11.3 Å². The van der Waals surface area contributed by atoms with E-state index in [9.17, 15) is 0 Å². The van der Waals surface area contributed by atoms with Crippen LogP contribution in [-0.2, 0) is 13.1 Å². The zero-order valence-electron chi connectivity index (χ0n) is 17.6. The van der Waals surface area contributed by atoms with E-state index in [1.165, 1.54) is 70.4 Å². The standard InChI is InChI=1S/C23H33N5O/c1-29-22-6-5-20(11-21(22)14-28-18-24-17-25-28)13-27-10-8-23(16-27)7-2-9-26(15-23)12-19-3-4-19/h5-6,11,17-19H,2-4,7-10,12-16H2,1H3. The molecule has 1 atom stereocenters. The molecule has 6 heteroatoms. The van der Waals surface area contributed by atoms with E-state index in [4.69, 9.17) is 4.74 Å². The second-order valence-electron chi connectivity index (χ2n) is 9.48. The van der Waals surface area contributed by atoms with E-state index in [2.05, 4.69) is 38.1 Å². The summed E-state index contributed by atoms with van der Waals surface area (Å²) >= 11 is 0. The van der Waals surface area contributed by atoms with Gasteiger partial charge in [-0.1, -0.05) is 6.07 Å². The predicted molar refractivity (Wildman–Crippen MR) is 113 cm³/mol. The van der Waals surface area contributed by atoms with Gasteiger partial charge in [0.1, 0.15) is 18.4 Å². The Morgan fingerprint density at radius 2 is 2.00 bits per heavy atom. The van der Waals surface area contributed by atoms with E-state index in [1.54, 1.807) is 19.8 Å². The molecule has 1 aliphatic carbocycles. The average molecular weight is 396 g/mol. The van der Waals surface area contributed by atoms with E-state index in [1.807, 2.05) is 4.68 Å². The van der Waals surface area contributed by atoms with E-state index in [0.29, 0.717) is 12.0 Å². The summed E-state index contributed by atoms with van der Waals surface area (Å²) in [6.07, 6.45) is 10.4. The number of hydrogen-bond donors (Lipinski definition) is 0. The molecule has 3 fully saturated rings. The maximum absolute atomic E-state index is 5.58. The number of likely N-dealkylation sites (tertiary alicyclic amines) is 2. The Kier molecular flexibility index (Phi) is 5.31. The fraction of sp³-hybridized carbons (Fsp3) is 0.652. The molecule has 0 bridgehead atoms. The molecule has 2 aliphatic heterocycles. The minimum atomic E-state index is 0.531. The highest BCUT2D eigenvalue weighted by Gasteiger charge is 2.42. The lowest BCUT2D eigenvalue weighted by molar-refractivity contribution is 0.0884. The van der Waals surface area contributed by atoms with Crippen molar-refractivity contribution in [3.63, 3.8) is 0 Å². The first kappa shape index (κ1) is 19.1. The van der Waals surface area contributed by atoms with E-state index >= 15 is 0 Å². The van der Waals surface area contributed by atoms with Gasteiger partial charge in [-0.15, -0.1) is 0 Å². The molecule has 0 amide bonds. The molecule has 1 unspecified atom stereocenters. The van der Waals surface area contributed by atoms with Gasteiger partial charge in [0.25, 0.3) is 0 Å². The minimum absolute atomic E-state index is 0.531. The van der Waals surface area contributed by atoms with Crippen LogP contribution in [-0.4, -0.2) is 64.4 Å². The molecule has 2 aromatic rings. The highest BCUT2D eigenvalue weighted by atomic mass is 16.5. The lowest BCUT2D eigenvalue weighted by Gasteiger charge is -2.40. The summed E-state index contributed by atoms with van der Waals surface area (Å²) in [6, 6.07) is 6.60. The van der Waals surface area contributed by atoms with Crippen LogP contribution >= 0.6 is 0 Å². The second-order valence-corrected chi connectivity index (χ2v) is 9.48. The number of nitrogens with zero attached hydrogens (tertiary/aromatic N) is 5. The Bertz CT molecular complexity index is 819. The van der Waals surface area contributed by atoms with Crippen molar-refractivity contribution in [3.8, 4) is 5.75 Å². The first-order valence-electron chi connectivity index (χ1n) is 11.1. The van der Waals surface area contributed by atoms with E-state index in [0.717, 1.165) is 23.8 Å². The third kappa shape index (κ3) is 4.48. The second kappa shape index (κ2) is 8.07. The molecule has 1 saturated carbocycles. The summed E-state index contributed by atoms with van der Waals surface area (Å²) in [7, 11) is 1.74. The molecule has 29 heavy (non-hydrogen) atoms. The number of hydrogen-bond acceptors (Lipinski definition) is 5. The molecule has 3 aliphatic rings. The van der Waals surface area contributed by atoms with Crippen LogP contribution in [0.25, 0.3) is 0 Å².